The lowest BCUT2D eigenvalue weighted by molar-refractivity contribution is 0.0940. The number of hydrogen-bond acceptors (Lipinski definition) is 2. The largest absolute Gasteiger partial charge is 0.367 e. The van der Waals surface area contributed by atoms with Crippen LogP contribution in [-0.4, -0.2) is 12.5 Å². The maximum atomic E-state index is 13.1. The Kier molecular flexibility index (Phi) is 5.61. The number of hydrogen-bond donors (Lipinski definition) is 1. The minimum absolute atomic E-state index is 0.128. The third kappa shape index (κ3) is 4.48. The summed E-state index contributed by atoms with van der Waals surface area (Å²) in [6, 6.07) is 22.4. The molecular formula is C25H25FN2O. The second kappa shape index (κ2) is 8.48. The van der Waals surface area contributed by atoms with Gasteiger partial charge in [-0.1, -0.05) is 42.5 Å². The summed E-state index contributed by atoms with van der Waals surface area (Å²) in [7, 11) is 0. The van der Waals surface area contributed by atoms with Crippen LogP contribution in [0.4, 0.5) is 10.1 Å². The molecule has 0 fully saturated rings. The number of carbonyl (C=O) groups is 1. The lowest BCUT2D eigenvalue weighted by Gasteiger charge is -2.31. The van der Waals surface area contributed by atoms with E-state index in [-0.39, 0.29) is 17.8 Å². The Morgan fingerprint density at radius 2 is 1.76 bits per heavy atom. The van der Waals surface area contributed by atoms with Crippen LogP contribution in [0, 0.1) is 5.82 Å². The van der Waals surface area contributed by atoms with Crippen LogP contribution in [0.15, 0.2) is 72.8 Å². The Morgan fingerprint density at radius 3 is 2.52 bits per heavy atom. The van der Waals surface area contributed by atoms with Crippen molar-refractivity contribution in [3.05, 3.63) is 101 Å². The average Bonchev–Trinajstić information content (AvgIpc) is 2.75. The minimum atomic E-state index is -0.279. The molecule has 148 valence electrons. The third-order valence-corrected chi connectivity index (χ3v) is 5.51. The molecule has 1 unspecified atom stereocenters. The monoisotopic (exact) mass is 388 g/mol. The first-order chi connectivity index (χ1) is 14.1. The van der Waals surface area contributed by atoms with Gasteiger partial charge in [0.2, 0.25) is 0 Å². The van der Waals surface area contributed by atoms with Crippen molar-refractivity contribution in [1.82, 2.24) is 5.32 Å². The first kappa shape index (κ1) is 19.2. The molecule has 1 amide bonds. The zero-order valence-corrected chi connectivity index (χ0v) is 16.6. The first-order valence-corrected chi connectivity index (χ1v) is 10.1. The normalized spacial score (nSPS) is 14.2. The Bertz CT molecular complexity index is 982. The Hall–Kier alpha value is -3.14. The van der Waals surface area contributed by atoms with E-state index in [9.17, 15) is 9.18 Å². The number of para-hydroxylation sites is 1. The SMILES string of the molecule is CC(NC(=O)c1ccc(CN2CCCc3ccccc32)cc1)c1ccc(F)cc1. The highest BCUT2D eigenvalue weighted by Gasteiger charge is 2.17. The van der Waals surface area contributed by atoms with Gasteiger partial charge in [-0.05, 0) is 66.8 Å². The molecule has 3 aromatic carbocycles. The molecule has 3 aromatic rings. The van der Waals surface area contributed by atoms with Gasteiger partial charge in [0.15, 0.2) is 0 Å². The van der Waals surface area contributed by atoms with Crippen LogP contribution >= 0.6 is 0 Å². The molecule has 1 atom stereocenters. The van der Waals surface area contributed by atoms with Gasteiger partial charge in [-0.15, -0.1) is 0 Å². The average molecular weight is 388 g/mol. The van der Waals surface area contributed by atoms with Crippen molar-refractivity contribution in [2.24, 2.45) is 0 Å². The van der Waals surface area contributed by atoms with Crippen molar-refractivity contribution < 1.29 is 9.18 Å². The van der Waals surface area contributed by atoms with Crippen molar-refractivity contribution in [3.8, 4) is 0 Å². The lowest BCUT2D eigenvalue weighted by atomic mass is 10.0. The summed E-state index contributed by atoms with van der Waals surface area (Å²) >= 11 is 0. The van der Waals surface area contributed by atoms with Crippen LogP contribution in [-0.2, 0) is 13.0 Å². The van der Waals surface area contributed by atoms with Crippen LogP contribution in [0.3, 0.4) is 0 Å². The smallest absolute Gasteiger partial charge is 0.251 e. The number of carbonyl (C=O) groups excluding carboxylic acids is 1. The second-order valence-corrected chi connectivity index (χ2v) is 7.60. The molecule has 0 saturated carbocycles. The van der Waals surface area contributed by atoms with Crippen LogP contribution in [0.5, 0.6) is 0 Å². The second-order valence-electron chi connectivity index (χ2n) is 7.60. The number of aryl methyl sites for hydroxylation is 1. The lowest BCUT2D eigenvalue weighted by Crippen LogP contribution is -2.29. The maximum absolute atomic E-state index is 13.1. The minimum Gasteiger partial charge on any atom is -0.367 e. The number of anilines is 1. The van der Waals surface area contributed by atoms with E-state index in [1.165, 1.54) is 35.4 Å². The molecule has 29 heavy (non-hydrogen) atoms. The highest BCUT2D eigenvalue weighted by molar-refractivity contribution is 5.94. The van der Waals surface area contributed by atoms with Gasteiger partial charge in [0, 0.05) is 24.3 Å². The summed E-state index contributed by atoms with van der Waals surface area (Å²) in [5, 5.41) is 2.97. The van der Waals surface area contributed by atoms with E-state index in [1.807, 2.05) is 31.2 Å². The van der Waals surface area contributed by atoms with Gasteiger partial charge in [0.25, 0.3) is 5.91 Å². The number of halogens is 1. The van der Waals surface area contributed by atoms with E-state index in [0.717, 1.165) is 25.1 Å². The van der Waals surface area contributed by atoms with Crippen LogP contribution in [0.1, 0.15) is 46.4 Å². The molecule has 1 aliphatic heterocycles. The van der Waals surface area contributed by atoms with Crippen molar-refractivity contribution in [1.29, 1.82) is 0 Å². The van der Waals surface area contributed by atoms with Crippen LogP contribution in [0.2, 0.25) is 0 Å². The van der Waals surface area contributed by atoms with Crippen LogP contribution in [0.25, 0.3) is 0 Å². The molecule has 0 bridgehead atoms. The van der Waals surface area contributed by atoms with Crippen molar-refractivity contribution in [2.45, 2.75) is 32.4 Å². The van der Waals surface area contributed by atoms with E-state index >= 15 is 0 Å². The quantitative estimate of drug-likeness (QED) is 0.646. The zero-order chi connectivity index (χ0) is 20.2. The summed E-state index contributed by atoms with van der Waals surface area (Å²) in [6.45, 7) is 3.78. The first-order valence-electron chi connectivity index (χ1n) is 10.1. The molecule has 1 N–H and O–H groups in total. The Labute approximate surface area is 171 Å². The molecule has 0 spiro atoms. The van der Waals surface area contributed by atoms with Crippen molar-refractivity contribution >= 4 is 11.6 Å². The number of rotatable bonds is 5. The maximum Gasteiger partial charge on any atom is 0.251 e. The fourth-order valence-electron chi connectivity index (χ4n) is 3.87. The molecule has 0 aromatic heterocycles. The van der Waals surface area contributed by atoms with Gasteiger partial charge >= 0.3 is 0 Å². The van der Waals surface area contributed by atoms with E-state index in [0.29, 0.717) is 5.56 Å². The number of amides is 1. The van der Waals surface area contributed by atoms with Crippen molar-refractivity contribution in [2.75, 3.05) is 11.4 Å². The van der Waals surface area contributed by atoms with E-state index in [4.69, 9.17) is 0 Å². The number of benzene rings is 3. The summed E-state index contributed by atoms with van der Waals surface area (Å²) in [4.78, 5) is 15.0. The van der Waals surface area contributed by atoms with Crippen molar-refractivity contribution in [3.63, 3.8) is 0 Å². The Morgan fingerprint density at radius 1 is 1.03 bits per heavy atom. The number of fused-ring (bicyclic) bond motifs is 1. The standard InChI is InChI=1S/C25H25FN2O/c1-18(20-12-14-23(26)15-13-20)27-25(29)22-10-8-19(9-11-22)17-28-16-4-6-21-5-2-3-7-24(21)28/h2-3,5,7-15,18H,4,6,16-17H2,1H3,(H,27,29). The summed E-state index contributed by atoms with van der Waals surface area (Å²) in [5.41, 5.74) is 5.41. The third-order valence-electron chi connectivity index (χ3n) is 5.51. The summed E-state index contributed by atoms with van der Waals surface area (Å²) < 4.78 is 13.1. The molecule has 1 aliphatic rings. The molecule has 0 aliphatic carbocycles. The fourth-order valence-corrected chi connectivity index (χ4v) is 3.87. The number of nitrogens with one attached hydrogen (secondary N) is 1. The van der Waals surface area contributed by atoms with Gasteiger partial charge < -0.3 is 10.2 Å². The molecule has 3 nitrogen and oxygen atoms in total. The predicted octanol–water partition coefficient (Wildman–Crippen LogP) is 5.27. The fraction of sp³-hybridized carbons (Fsp3) is 0.240. The highest BCUT2D eigenvalue weighted by Crippen LogP contribution is 2.28. The van der Waals surface area contributed by atoms with Gasteiger partial charge in [-0.2, -0.15) is 0 Å². The van der Waals surface area contributed by atoms with Crippen LogP contribution < -0.4 is 10.2 Å². The molecule has 0 radical (unpaired) electrons. The van der Waals surface area contributed by atoms with Gasteiger partial charge in [0.1, 0.15) is 5.82 Å². The topological polar surface area (TPSA) is 32.3 Å². The molecule has 0 saturated heterocycles. The number of nitrogens with zero attached hydrogens (tertiary/aromatic N) is 1. The summed E-state index contributed by atoms with van der Waals surface area (Å²) in [5.74, 6) is -0.407. The highest BCUT2D eigenvalue weighted by atomic mass is 19.1. The van der Waals surface area contributed by atoms with E-state index in [2.05, 4.69) is 34.5 Å². The summed E-state index contributed by atoms with van der Waals surface area (Å²) in [6.07, 6.45) is 2.30. The Balaban J connectivity index is 1.40. The molecule has 4 heteroatoms. The van der Waals surface area contributed by atoms with E-state index in [1.54, 1.807) is 12.1 Å². The van der Waals surface area contributed by atoms with Gasteiger partial charge in [-0.3, -0.25) is 4.79 Å². The van der Waals surface area contributed by atoms with Gasteiger partial charge in [0.05, 0.1) is 6.04 Å². The van der Waals surface area contributed by atoms with E-state index < -0.39 is 0 Å². The van der Waals surface area contributed by atoms with Gasteiger partial charge in [-0.25, -0.2) is 4.39 Å². The molecule has 4 rings (SSSR count). The molecular weight excluding hydrogens is 363 g/mol. The predicted molar refractivity (Wildman–Crippen MR) is 115 cm³/mol. The zero-order valence-electron chi connectivity index (χ0n) is 16.6. The molecule has 1 heterocycles.